The van der Waals surface area contributed by atoms with Crippen LogP contribution in [0, 0.1) is 5.92 Å². The minimum atomic E-state index is 0.658. The van der Waals surface area contributed by atoms with Crippen molar-refractivity contribution in [2.75, 3.05) is 29.9 Å². The lowest BCUT2D eigenvalue weighted by Crippen LogP contribution is -2.26. The molecule has 1 atom stereocenters. The highest BCUT2D eigenvalue weighted by Crippen LogP contribution is 2.29. The van der Waals surface area contributed by atoms with Crippen molar-refractivity contribution in [1.29, 1.82) is 0 Å². The number of nitrogens with zero attached hydrogens (tertiary/aromatic N) is 3. The molecule has 1 saturated heterocycles. The predicted octanol–water partition coefficient (Wildman–Crippen LogP) is 4.36. The third kappa shape index (κ3) is 4.73. The summed E-state index contributed by atoms with van der Waals surface area (Å²) in [5.74, 6) is 2.44. The minimum absolute atomic E-state index is 0.658. The molecule has 0 amide bonds. The Balaban J connectivity index is 2.05. The summed E-state index contributed by atoms with van der Waals surface area (Å²) in [4.78, 5) is 11.2. The van der Waals surface area contributed by atoms with Crippen molar-refractivity contribution in [3.05, 3.63) is 11.2 Å². The van der Waals surface area contributed by atoms with Crippen molar-refractivity contribution in [3.63, 3.8) is 0 Å². The molecule has 0 saturated carbocycles. The Labute approximate surface area is 133 Å². The van der Waals surface area contributed by atoms with Crippen LogP contribution in [0.2, 0.25) is 5.02 Å². The van der Waals surface area contributed by atoms with Gasteiger partial charge in [-0.2, -0.15) is 4.98 Å². The summed E-state index contributed by atoms with van der Waals surface area (Å²) in [6.07, 6.45) is 9.20. The molecule has 0 aliphatic carbocycles. The van der Waals surface area contributed by atoms with Gasteiger partial charge in [0.1, 0.15) is 5.02 Å². The SMILES string of the molecule is CCCNc1ncc(Cl)c(N2CCCC(CCC)CC2)n1. The Morgan fingerprint density at radius 1 is 1.29 bits per heavy atom. The first-order valence-corrected chi connectivity index (χ1v) is 8.63. The fourth-order valence-electron chi connectivity index (χ4n) is 2.98. The number of hydrogen-bond donors (Lipinski definition) is 1. The third-order valence-corrected chi connectivity index (χ3v) is 4.37. The Morgan fingerprint density at radius 2 is 2.14 bits per heavy atom. The highest BCUT2D eigenvalue weighted by atomic mass is 35.5. The Bertz CT molecular complexity index is 438. The van der Waals surface area contributed by atoms with Gasteiger partial charge in [-0.15, -0.1) is 0 Å². The first kappa shape index (κ1) is 16.3. The van der Waals surface area contributed by atoms with Gasteiger partial charge >= 0.3 is 0 Å². The van der Waals surface area contributed by atoms with Crippen LogP contribution in [0.5, 0.6) is 0 Å². The molecule has 1 aromatic heterocycles. The highest BCUT2D eigenvalue weighted by molar-refractivity contribution is 6.32. The van der Waals surface area contributed by atoms with Crippen LogP contribution < -0.4 is 10.2 Å². The summed E-state index contributed by atoms with van der Waals surface area (Å²) in [7, 11) is 0. The number of aromatic nitrogens is 2. The fraction of sp³-hybridized carbons (Fsp3) is 0.750. The molecule has 21 heavy (non-hydrogen) atoms. The Kier molecular flexibility index (Phi) is 6.55. The average molecular weight is 311 g/mol. The first-order chi connectivity index (χ1) is 10.2. The van der Waals surface area contributed by atoms with E-state index in [1.54, 1.807) is 6.20 Å². The lowest BCUT2D eigenvalue weighted by molar-refractivity contribution is 0.435. The standard InChI is InChI=1S/C16H27ClN4/c1-3-6-13-7-5-10-21(11-8-13)15-14(17)12-19-16(20-15)18-9-4-2/h12-13H,3-11H2,1-2H3,(H,18,19,20). The summed E-state index contributed by atoms with van der Waals surface area (Å²) in [5.41, 5.74) is 0. The summed E-state index contributed by atoms with van der Waals surface area (Å²) in [6, 6.07) is 0. The van der Waals surface area contributed by atoms with Crippen molar-refractivity contribution in [3.8, 4) is 0 Å². The molecule has 1 fully saturated rings. The largest absolute Gasteiger partial charge is 0.355 e. The zero-order valence-corrected chi connectivity index (χ0v) is 14.0. The van der Waals surface area contributed by atoms with Crippen LogP contribution in [0.4, 0.5) is 11.8 Å². The van der Waals surface area contributed by atoms with Crippen LogP contribution in [0.15, 0.2) is 6.20 Å². The molecule has 1 N–H and O–H groups in total. The smallest absolute Gasteiger partial charge is 0.224 e. The maximum Gasteiger partial charge on any atom is 0.224 e. The normalized spacial score (nSPS) is 19.4. The Hall–Kier alpha value is -1.03. The van der Waals surface area contributed by atoms with Crippen LogP contribution >= 0.6 is 11.6 Å². The molecule has 5 heteroatoms. The summed E-state index contributed by atoms with van der Waals surface area (Å²) >= 11 is 6.32. The zero-order chi connectivity index (χ0) is 15.1. The van der Waals surface area contributed by atoms with Gasteiger partial charge in [0.05, 0.1) is 6.20 Å². The maximum atomic E-state index is 6.32. The second-order valence-electron chi connectivity index (χ2n) is 5.86. The van der Waals surface area contributed by atoms with Crippen molar-refractivity contribution < 1.29 is 0 Å². The number of anilines is 2. The second-order valence-corrected chi connectivity index (χ2v) is 6.27. The third-order valence-electron chi connectivity index (χ3n) is 4.10. The topological polar surface area (TPSA) is 41.1 Å². The van der Waals surface area contributed by atoms with E-state index in [0.717, 1.165) is 37.8 Å². The van der Waals surface area contributed by atoms with Gasteiger partial charge in [0.15, 0.2) is 5.82 Å². The molecule has 4 nitrogen and oxygen atoms in total. The summed E-state index contributed by atoms with van der Waals surface area (Å²) < 4.78 is 0. The molecular formula is C16H27ClN4. The van der Waals surface area contributed by atoms with Gasteiger partial charge < -0.3 is 10.2 Å². The molecule has 0 aromatic carbocycles. The number of rotatable bonds is 6. The van der Waals surface area contributed by atoms with Crippen LogP contribution in [0.25, 0.3) is 0 Å². The molecule has 0 bridgehead atoms. The van der Waals surface area contributed by atoms with E-state index < -0.39 is 0 Å². The van der Waals surface area contributed by atoms with Gasteiger partial charge in [0, 0.05) is 19.6 Å². The van der Waals surface area contributed by atoms with E-state index in [-0.39, 0.29) is 0 Å². The molecule has 0 radical (unpaired) electrons. The molecule has 118 valence electrons. The maximum absolute atomic E-state index is 6.32. The van der Waals surface area contributed by atoms with Gasteiger partial charge in [-0.05, 0) is 31.6 Å². The van der Waals surface area contributed by atoms with Crippen LogP contribution in [-0.2, 0) is 0 Å². The second kappa shape index (κ2) is 8.42. The van der Waals surface area contributed by atoms with E-state index in [0.29, 0.717) is 11.0 Å². The van der Waals surface area contributed by atoms with Crippen LogP contribution in [0.1, 0.15) is 52.4 Å². The van der Waals surface area contributed by atoms with Gasteiger partial charge in [-0.3, -0.25) is 0 Å². The van der Waals surface area contributed by atoms with E-state index >= 15 is 0 Å². The van der Waals surface area contributed by atoms with Crippen molar-refractivity contribution in [2.45, 2.75) is 52.4 Å². The Morgan fingerprint density at radius 3 is 2.90 bits per heavy atom. The summed E-state index contributed by atoms with van der Waals surface area (Å²) in [6.45, 7) is 7.39. The van der Waals surface area contributed by atoms with Gasteiger partial charge in [0.25, 0.3) is 0 Å². The summed E-state index contributed by atoms with van der Waals surface area (Å²) in [5, 5.41) is 3.90. The van der Waals surface area contributed by atoms with Gasteiger partial charge in [0.2, 0.25) is 5.95 Å². The van der Waals surface area contributed by atoms with E-state index in [9.17, 15) is 0 Å². The fourth-order valence-corrected chi connectivity index (χ4v) is 3.19. The number of halogens is 1. The first-order valence-electron chi connectivity index (χ1n) is 8.26. The predicted molar refractivity (Wildman–Crippen MR) is 90.3 cm³/mol. The van der Waals surface area contributed by atoms with E-state index in [2.05, 4.69) is 34.0 Å². The molecule has 1 aliphatic rings. The minimum Gasteiger partial charge on any atom is -0.355 e. The molecule has 0 spiro atoms. The van der Waals surface area contributed by atoms with E-state index in [4.69, 9.17) is 11.6 Å². The van der Waals surface area contributed by atoms with Crippen molar-refractivity contribution in [1.82, 2.24) is 9.97 Å². The van der Waals surface area contributed by atoms with Crippen molar-refractivity contribution in [2.24, 2.45) is 5.92 Å². The monoisotopic (exact) mass is 310 g/mol. The lowest BCUT2D eigenvalue weighted by atomic mass is 9.96. The molecule has 1 unspecified atom stereocenters. The molecule has 1 aromatic rings. The number of nitrogens with one attached hydrogen (secondary N) is 1. The van der Waals surface area contributed by atoms with E-state index in [1.807, 2.05) is 0 Å². The van der Waals surface area contributed by atoms with Crippen LogP contribution in [-0.4, -0.2) is 29.6 Å². The van der Waals surface area contributed by atoms with Gasteiger partial charge in [-0.25, -0.2) is 4.98 Å². The highest BCUT2D eigenvalue weighted by Gasteiger charge is 2.19. The lowest BCUT2D eigenvalue weighted by Gasteiger charge is -2.23. The van der Waals surface area contributed by atoms with E-state index in [1.165, 1.54) is 32.1 Å². The average Bonchev–Trinajstić information content (AvgIpc) is 2.72. The van der Waals surface area contributed by atoms with Crippen LogP contribution in [0.3, 0.4) is 0 Å². The van der Waals surface area contributed by atoms with Gasteiger partial charge in [-0.1, -0.05) is 38.3 Å². The number of hydrogen-bond acceptors (Lipinski definition) is 4. The molecule has 2 rings (SSSR count). The zero-order valence-electron chi connectivity index (χ0n) is 13.2. The molecule has 2 heterocycles. The quantitative estimate of drug-likeness (QED) is 0.847. The molecular weight excluding hydrogens is 284 g/mol. The van der Waals surface area contributed by atoms with Crippen molar-refractivity contribution >= 4 is 23.4 Å². The molecule has 1 aliphatic heterocycles.